The predicted molar refractivity (Wildman–Crippen MR) is 271 cm³/mol. The summed E-state index contributed by atoms with van der Waals surface area (Å²) in [7, 11) is 0. The number of hydrogen-bond acceptors (Lipinski definition) is 12. The highest BCUT2D eigenvalue weighted by atomic mass is 127. The zero-order chi connectivity index (χ0) is 51.0. The Kier molecular flexibility index (Phi) is 16.1. The molecule has 0 saturated heterocycles. The van der Waals surface area contributed by atoms with Gasteiger partial charge in [0.2, 0.25) is 5.91 Å². The van der Waals surface area contributed by atoms with Gasteiger partial charge in [0, 0.05) is 72.7 Å². The zero-order valence-electron chi connectivity index (χ0n) is 38.1. The van der Waals surface area contributed by atoms with Crippen LogP contribution in [-0.4, -0.2) is 83.8 Å². The smallest absolute Gasteiger partial charge is 0.416 e. The van der Waals surface area contributed by atoms with Crippen LogP contribution in [0.2, 0.25) is 0 Å². The van der Waals surface area contributed by atoms with Crippen molar-refractivity contribution < 1.29 is 61.8 Å². The van der Waals surface area contributed by atoms with Gasteiger partial charge in [0.1, 0.15) is 34.8 Å². The molecule has 2 aliphatic rings. The molecule has 0 aromatic heterocycles. The van der Waals surface area contributed by atoms with E-state index in [0.717, 1.165) is 11.6 Å². The molecule has 8 rings (SSSR count). The van der Waals surface area contributed by atoms with Gasteiger partial charge in [0.15, 0.2) is 10.7 Å². The molecule has 0 radical (unpaired) electrons. The molecule has 0 unspecified atom stereocenters. The molecule has 20 heteroatoms. The highest BCUT2D eigenvalue weighted by Crippen LogP contribution is 2.57. The zero-order valence-corrected chi connectivity index (χ0v) is 41.1. The van der Waals surface area contributed by atoms with Gasteiger partial charge >= 0.3 is 12.1 Å². The van der Waals surface area contributed by atoms with Gasteiger partial charge in [-0.15, -0.1) is 0 Å². The molecule has 15 nitrogen and oxygen atoms in total. The monoisotopic (exact) mass is 1120 g/mol. The number of halogens is 4. The van der Waals surface area contributed by atoms with Crippen LogP contribution in [0.25, 0.3) is 0 Å². The molecule has 2 aliphatic heterocycles. The Morgan fingerprint density at radius 2 is 1.38 bits per heavy atom. The quantitative estimate of drug-likeness (QED) is 0.0169. The number of carbonyl (C=O) groups excluding carboxylic acids is 3. The summed E-state index contributed by atoms with van der Waals surface area (Å²) in [5.41, 5.74) is 2.16. The maximum absolute atomic E-state index is 13.5. The topological polar surface area (TPSA) is 209 Å². The average molecular weight is 1120 g/mol. The second-order valence-corrected chi connectivity index (χ2v) is 18.2. The van der Waals surface area contributed by atoms with E-state index >= 15 is 0 Å². The third-order valence-electron chi connectivity index (χ3n) is 11.7. The number of ether oxygens (including phenoxy) is 4. The third kappa shape index (κ3) is 12.0. The van der Waals surface area contributed by atoms with E-state index in [1.165, 1.54) is 42.5 Å². The normalized spacial score (nSPS) is 13.5. The molecule has 6 aromatic rings. The fraction of sp³-hybridized carbons (Fsp3) is 0.231. The number of thiocarbonyl (C=S) groups is 1. The van der Waals surface area contributed by atoms with Crippen molar-refractivity contribution in [2.45, 2.75) is 37.3 Å². The molecule has 0 bridgehead atoms. The van der Waals surface area contributed by atoms with E-state index in [0.29, 0.717) is 43.6 Å². The number of esters is 1. The molecule has 0 fully saturated rings. The van der Waals surface area contributed by atoms with Crippen LogP contribution in [-0.2, 0) is 50.3 Å². The van der Waals surface area contributed by atoms with E-state index in [4.69, 9.17) is 31.2 Å². The Morgan fingerprint density at radius 1 is 0.736 bits per heavy atom. The number of phenolic OH excluding ortho intramolecular Hbond substituents is 3. The van der Waals surface area contributed by atoms with Crippen molar-refractivity contribution in [3.63, 3.8) is 0 Å². The number of fused-ring (bicyclic) bond motifs is 6. The summed E-state index contributed by atoms with van der Waals surface area (Å²) < 4.78 is 64.2. The summed E-state index contributed by atoms with van der Waals surface area (Å²) in [6, 6.07) is 30.0. The minimum Gasteiger partial charge on any atom is -0.508 e. The molecular formula is C52H47F3IN5O10S. The molecular weight excluding hydrogens is 1070 g/mol. The fourth-order valence-electron chi connectivity index (χ4n) is 8.32. The lowest BCUT2D eigenvalue weighted by Gasteiger charge is -2.36. The minimum absolute atomic E-state index is 0.00433. The van der Waals surface area contributed by atoms with Gasteiger partial charge in [-0.2, -0.15) is 13.2 Å². The maximum atomic E-state index is 13.5. The van der Waals surface area contributed by atoms with E-state index < -0.39 is 41.2 Å². The van der Waals surface area contributed by atoms with Crippen LogP contribution in [0.1, 0.15) is 59.7 Å². The first-order chi connectivity index (χ1) is 34.6. The number of benzene rings is 6. The van der Waals surface area contributed by atoms with Crippen molar-refractivity contribution in [1.29, 1.82) is 0 Å². The molecule has 2 amide bonds. The van der Waals surface area contributed by atoms with Gasteiger partial charge in [-0.3, -0.25) is 9.59 Å². The molecule has 374 valence electrons. The highest BCUT2D eigenvalue weighted by Gasteiger charge is 2.53. The van der Waals surface area contributed by atoms with E-state index in [1.807, 2.05) is 22.6 Å². The van der Waals surface area contributed by atoms with E-state index in [1.54, 1.807) is 72.8 Å². The van der Waals surface area contributed by atoms with Crippen molar-refractivity contribution in [3.8, 4) is 28.7 Å². The van der Waals surface area contributed by atoms with E-state index in [-0.39, 0.29) is 97.5 Å². The minimum atomic E-state index is -4.47. The maximum Gasteiger partial charge on any atom is 0.416 e. The molecule has 2 heterocycles. The van der Waals surface area contributed by atoms with Gasteiger partial charge in [-0.05, 0) is 118 Å². The van der Waals surface area contributed by atoms with Gasteiger partial charge in [0.25, 0.3) is 5.91 Å². The Hall–Kier alpha value is -6.98. The van der Waals surface area contributed by atoms with E-state index in [2.05, 4.69) is 26.6 Å². The summed E-state index contributed by atoms with van der Waals surface area (Å²) in [4.78, 5) is 40.3. The molecule has 1 atom stereocenters. The van der Waals surface area contributed by atoms with Crippen LogP contribution in [0.5, 0.6) is 28.7 Å². The van der Waals surface area contributed by atoms with Crippen molar-refractivity contribution in [2.24, 2.45) is 0 Å². The second kappa shape index (κ2) is 22.6. The van der Waals surface area contributed by atoms with Gasteiger partial charge in [-0.25, -0.2) is 4.79 Å². The van der Waals surface area contributed by atoms with Crippen molar-refractivity contribution in [2.75, 3.05) is 44.8 Å². The summed E-state index contributed by atoms with van der Waals surface area (Å²) in [5, 5.41) is 45.4. The first-order valence-electron chi connectivity index (χ1n) is 22.5. The Labute approximate surface area is 430 Å². The van der Waals surface area contributed by atoms with Crippen LogP contribution >= 0.6 is 34.8 Å². The molecule has 6 aromatic carbocycles. The lowest BCUT2D eigenvalue weighted by molar-refractivity contribution is -0.138. The van der Waals surface area contributed by atoms with Crippen molar-refractivity contribution in [1.82, 2.24) is 21.3 Å². The molecule has 72 heavy (non-hydrogen) atoms. The molecule has 0 aliphatic carbocycles. The van der Waals surface area contributed by atoms with Gasteiger partial charge in [-0.1, -0.05) is 42.5 Å². The number of nitrogens with one attached hydrogen (secondary N) is 5. The van der Waals surface area contributed by atoms with Crippen LogP contribution < -0.4 is 31.3 Å². The Balaban J connectivity index is 0.757. The van der Waals surface area contributed by atoms with Crippen molar-refractivity contribution in [3.05, 3.63) is 175 Å². The van der Waals surface area contributed by atoms with E-state index in [9.17, 15) is 42.9 Å². The lowest BCUT2D eigenvalue weighted by atomic mass is 9.77. The fourth-order valence-corrected chi connectivity index (χ4v) is 9.12. The first-order valence-corrected chi connectivity index (χ1v) is 24.0. The standard InChI is InChI=1S/C52H47F3IN5O10S/c53-52(54,55)38-4-2-1-3-33(38)29-57-28-30-5-8-32(9-6-30)47(65)61-43(24-31-7-16-44(64)42(56)23-31)48(66)58-17-19-68-21-22-69-20-18-59-50(72)60-34-10-13-39-37(25-34)49(67)71-51(39)40-14-11-35(62)26-45(40)70-46-27-36(63)12-15-41(46)51/h1-16,23,25-27,43,57,62-64H,17-22,24,28-29H2,(H,58,66)(H,61,65)(H2,59,60,72)/t43-/m0/s1. The van der Waals surface area contributed by atoms with Gasteiger partial charge < -0.3 is 60.9 Å². The summed E-state index contributed by atoms with van der Waals surface area (Å²) in [6.45, 7) is 1.66. The van der Waals surface area contributed by atoms with Crippen molar-refractivity contribution >= 4 is 63.4 Å². The van der Waals surface area contributed by atoms with Crippen LogP contribution in [0.4, 0.5) is 18.9 Å². The summed E-state index contributed by atoms with van der Waals surface area (Å²) in [6.07, 6.45) is -4.34. The number of carbonyl (C=O) groups is 3. The van der Waals surface area contributed by atoms with Crippen LogP contribution in [0.3, 0.4) is 0 Å². The third-order valence-corrected chi connectivity index (χ3v) is 12.8. The first kappa shape index (κ1) is 51.4. The second-order valence-electron chi connectivity index (χ2n) is 16.7. The number of anilines is 1. The Morgan fingerprint density at radius 3 is 2.04 bits per heavy atom. The number of alkyl halides is 3. The number of aromatic hydroxyl groups is 3. The largest absolute Gasteiger partial charge is 0.508 e. The predicted octanol–water partition coefficient (Wildman–Crippen LogP) is 7.76. The Bertz CT molecular complexity index is 2950. The summed E-state index contributed by atoms with van der Waals surface area (Å²) >= 11 is 7.46. The number of phenols is 3. The average Bonchev–Trinajstić information content (AvgIpc) is 3.63. The van der Waals surface area contributed by atoms with Gasteiger partial charge in [0.05, 0.1) is 41.1 Å². The molecule has 1 spiro atoms. The van der Waals surface area contributed by atoms with Crippen LogP contribution in [0, 0.1) is 3.57 Å². The summed E-state index contributed by atoms with van der Waals surface area (Å²) in [5.74, 6) is -0.985. The highest BCUT2D eigenvalue weighted by molar-refractivity contribution is 14.1. The lowest BCUT2D eigenvalue weighted by Crippen LogP contribution is -2.48. The number of hydrogen-bond donors (Lipinski definition) is 8. The molecule has 8 N–H and O–H groups in total. The number of amides is 2. The van der Waals surface area contributed by atoms with Crippen LogP contribution in [0.15, 0.2) is 121 Å². The number of rotatable bonds is 19. The SMILES string of the molecule is O=C(N[C@@H](Cc1ccc(O)c(I)c1)C(=O)NCCOCCOCCNC(=S)Nc1ccc2c(c1)C(=O)OC21c2ccc(O)cc2Oc2cc(O)ccc21)c1ccc(CNCc2ccccc2C(F)(F)F)cc1. The molecule has 0 saturated carbocycles.